The van der Waals surface area contributed by atoms with Crippen molar-refractivity contribution in [2.24, 2.45) is 0 Å². The van der Waals surface area contributed by atoms with Gasteiger partial charge >= 0.3 is 0 Å². The summed E-state index contributed by atoms with van der Waals surface area (Å²) in [6, 6.07) is 11.8. The summed E-state index contributed by atoms with van der Waals surface area (Å²) in [5.41, 5.74) is 6.25. The third-order valence-corrected chi connectivity index (χ3v) is 3.75. The van der Waals surface area contributed by atoms with Gasteiger partial charge in [0.25, 0.3) is 11.8 Å². The monoisotopic (exact) mass is 357 g/mol. The maximum Gasteiger partial charge on any atom is 0.270 e. The largest absolute Gasteiger partial charge is 0.270 e. The third kappa shape index (κ3) is 3.75. The number of hydrazine groups is 1. The zero-order valence-electron chi connectivity index (χ0n) is 13.1. The van der Waals surface area contributed by atoms with E-state index in [1.807, 2.05) is 0 Å². The number of hydrogen-bond acceptors (Lipinski definition) is 3. The second-order valence-corrected chi connectivity index (χ2v) is 5.83. The van der Waals surface area contributed by atoms with E-state index in [0.29, 0.717) is 27.2 Å². The first-order chi connectivity index (χ1) is 11.9. The molecular formula is C18H13ClFN3O2. The Bertz CT molecular complexity index is 991. The highest BCUT2D eigenvalue weighted by molar-refractivity contribution is 6.31. The lowest BCUT2D eigenvalue weighted by Crippen LogP contribution is -2.41. The fourth-order valence-corrected chi connectivity index (χ4v) is 2.59. The molecule has 0 atom stereocenters. The number of hydrogen-bond donors (Lipinski definition) is 2. The van der Waals surface area contributed by atoms with Crippen LogP contribution < -0.4 is 10.9 Å². The van der Waals surface area contributed by atoms with Crippen LogP contribution in [0.5, 0.6) is 0 Å². The van der Waals surface area contributed by atoms with Gasteiger partial charge in [0.2, 0.25) is 0 Å². The van der Waals surface area contributed by atoms with Crippen molar-refractivity contribution in [1.82, 2.24) is 15.8 Å². The molecule has 1 aromatic heterocycles. The summed E-state index contributed by atoms with van der Waals surface area (Å²) in [6.07, 6.45) is 0. The van der Waals surface area contributed by atoms with E-state index in [4.69, 9.17) is 11.6 Å². The molecule has 3 rings (SSSR count). The number of carbonyl (C=O) groups excluding carboxylic acids is 2. The molecule has 2 aromatic carbocycles. The first-order valence-electron chi connectivity index (χ1n) is 7.37. The van der Waals surface area contributed by atoms with Gasteiger partial charge in [0.15, 0.2) is 0 Å². The highest BCUT2D eigenvalue weighted by atomic mass is 35.5. The number of aryl methyl sites for hydroxylation is 1. The first kappa shape index (κ1) is 16.9. The molecule has 2 N–H and O–H groups in total. The standard InChI is InChI=1S/C18H13ClFN3O2/c1-10-7-15(14-9-13(20)5-6-16(14)21-10)18(25)23-22-17(24)11-3-2-4-12(19)8-11/h2-9H,1H3,(H,22,24)(H,23,25). The molecule has 1 heterocycles. The normalized spacial score (nSPS) is 10.5. The Morgan fingerprint density at radius 2 is 1.80 bits per heavy atom. The zero-order valence-corrected chi connectivity index (χ0v) is 13.9. The molecule has 0 aliphatic heterocycles. The predicted octanol–water partition coefficient (Wildman–Crippen LogP) is 3.41. The maximum atomic E-state index is 13.5. The van der Waals surface area contributed by atoms with Crippen molar-refractivity contribution < 1.29 is 14.0 Å². The SMILES string of the molecule is Cc1cc(C(=O)NNC(=O)c2cccc(Cl)c2)c2cc(F)ccc2n1. The van der Waals surface area contributed by atoms with Gasteiger partial charge in [0.05, 0.1) is 11.1 Å². The number of halogens is 2. The number of aromatic nitrogens is 1. The lowest BCUT2D eigenvalue weighted by Gasteiger charge is -2.10. The van der Waals surface area contributed by atoms with E-state index in [9.17, 15) is 14.0 Å². The van der Waals surface area contributed by atoms with Crippen LogP contribution in [0.4, 0.5) is 4.39 Å². The van der Waals surface area contributed by atoms with Crippen LogP contribution in [0.15, 0.2) is 48.5 Å². The Morgan fingerprint density at radius 1 is 1.04 bits per heavy atom. The Labute approximate surface area is 147 Å². The number of rotatable bonds is 2. The molecule has 5 nitrogen and oxygen atoms in total. The molecule has 0 aliphatic carbocycles. The summed E-state index contributed by atoms with van der Waals surface area (Å²) in [6.45, 7) is 1.73. The van der Waals surface area contributed by atoms with E-state index in [1.165, 1.54) is 30.3 Å². The van der Waals surface area contributed by atoms with Crippen LogP contribution in [0.1, 0.15) is 26.4 Å². The Balaban J connectivity index is 1.83. The molecule has 126 valence electrons. The van der Waals surface area contributed by atoms with E-state index < -0.39 is 17.6 Å². The van der Waals surface area contributed by atoms with E-state index >= 15 is 0 Å². The minimum atomic E-state index is -0.573. The molecule has 0 aliphatic rings. The number of benzene rings is 2. The topological polar surface area (TPSA) is 71.1 Å². The van der Waals surface area contributed by atoms with E-state index in [-0.39, 0.29) is 5.56 Å². The fraction of sp³-hybridized carbons (Fsp3) is 0.0556. The zero-order chi connectivity index (χ0) is 18.0. The number of amides is 2. The lowest BCUT2D eigenvalue weighted by molar-refractivity contribution is 0.0847. The van der Waals surface area contributed by atoms with Crippen LogP contribution in [-0.4, -0.2) is 16.8 Å². The van der Waals surface area contributed by atoms with Gasteiger partial charge in [-0.25, -0.2) is 4.39 Å². The van der Waals surface area contributed by atoms with Gasteiger partial charge in [-0.1, -0.05) is 17.7 Å². The Morgan fingerprint density at radius 3 is 2.56 bits per heavy atom. The van der Waals surface area contributed by atoms with E-state index in [0.717, 1.165) is 0 Å². The van der Waals surface area contributed by atoms with Gasteiger partial charge in [-0.05, 0) is 49.4 Å². The van der Waals surface area contributed by atoms with Crippen molar-refractivity contribution in [3.8, 4) is 0 Å². The molecule has 0 saturated heterocycles. The Hall–Kier alpha value is -2.99. The summed E-state index contributed by atoms with van der Waals surface area (Å²) in [5.74, 6) is -1.57. The highest BCUT2D eigenvalue weighted by Gasteiger charge is 2.14. The second kappa shape index (κ2) is 6.86. The molecule has 3 aromatic rings. The van der Waals surface area contributed by atoms with Crippen molar-refractivity contribution in [1.29, 1.82) is 0 Å². The van der Waals surface area contributed by atoms with Crippen molar-refractivity contribution in [2.75, 3.05) is 0 Å². The highest BCUT2D eigenvalue weighted by Crippen LogP contribution is 2.19. The van der Waals surface area contributed by atoms with Gasteiger partial charge in [-0.2, -0.15) is 0 Å². The van der Waals surface area contributed by atoms with Crippen molar-refractivity contribution in [3.05, 3.63) is 76.2 Å². The fourth-order valence-electron chi connectivity index (χ4n) is 2.40. The molecular weight excluding hydrogens is 345 g/mol. The summed E-state index contributed by atoms with van der Waals surface area (Å²) in [7, 11) is 0. The summed E-state index contributed by atoms with van der Waals surface area (Å²) < 4.78 is 13.5. The maximum absolute atomic E-state index is 13.5. The van der Waals surface area contributed by atoms with E-state index in [1.54, 1.807) is 25.1 Å². The van der Waals surface area contributed by atoms with Gasteiger partial charge in [0.1, 0.15) is 5.82 Å². The number of pyridine rings is 1. The number of fused-ring (bicyclic) bond motifs is 1. The van der Waals surface area contributed by atoms with Gasteiger partial charge in [0, 0.05) is 21.7 Å². The van der Waals surface area contributed by atoms with Crippen LogP contribution in [0.3, 0.4) is 0 Å². The molecule has 0 fully saturated rings. The van der Waals surface area contributed by atoms with Crippen LogP contribution in [0.2, 0.25) is 5.02 Å². The lowest BCUT2D eigenvalue weighted by atomic mass is 10.1. The van der Waals surface area contributed by atoms with E-state index in [2.05, 4.69) is 15.8 Å². The summed E-state index contributed by atoms with van der Waals surface area (Å²) in [5, 5.41) is 0.769. The number of carbonyl (C=O) groups is 2. The van der Waals surface area contributed by atoms with Crippen LogP contribution in [0, 0.1) is 12.7 Å². The minimum absolute atomic E-state index is 0.216. The molecule has 0 bridgehead atoms. The summed E-state index contributed by atoms with van der Waals surface area (Å²) >= 11 is 5.84. The molecule has 7 heteroatoms. The minimum Gasteiger partial charge on any atom is -0.267 e. The van der Waals surface area contributed by atoms with Crippen molar-refractivity contribution in [3.63, 3.8) is 0 Å². The molecule has 0 saturated carbocycles. The van der Waals surface area contributed by atoms with Crippen LogP contribution in [0.25, 0.3) is 10.9 Å². The molecule has 25 heavy (non-hydrogen) atoms. The second-order valence-electron chi connectivity index (χ2n) is 5.39. The number of nitrogens with zero attached hydrogens (tertiary/aromatic N) is 1. The number of nitrogens with one attached hydrogen (secondary N) is 2. The summed E-state index contributed by atoms with van der Waals surface area (Å²) in [4.78, 5) is 28.7. The van der Waals surface area contributed by atoms with Crippen LogP contribution in [-0.2, 0) is 0 Å². The predicted molar refractivity (Wildman–Crippen MR) is 92.8 cm³/mol. The van der Waals surface area contributed by atoms with Crippen molar-refractivity contribution >= 4 is 34.3 Å². The first-order valence-corrected chi connectivity index (χ1v) is 7.75. The Kier molecular flexibility index (Phi) is 4.63. The third-order valence-electron chi connectivity index (χ3n) is 3.52. The van der Waals surface area contributed by atoms with Gasteiger partial charge in [-0.3, -0.25) is 25.4 Å². The molecule has 0 radical (unpaired) electrons. The van der Waals surface area contributed by atoms with Gasteiger partial charge < -0.3 is 0 Å². The van der Waals surface area contributed by atoms with Crippen molar-refractivity contribution in [2.45, 2.75) is 6.92 Å². The van der Waals surface area contributed by atoms with Gasteiger partial charge in [-0.15, -0.1) is 0 Å². The molecule has 2 amide bonds. The quantitative estimate of drug-likeness (QED) is 0.690. The molecule has 0 spiro atoms. The smallest absolute Gasteiger partial charge is 0.267 e. The molecule has 0 unspecified atom stereocenters. The average Bonchev–Trinajstić information content (AvgIpc) is 2.59. The van der Waals surface area contributed by atoms with Crippen LogP contribution >= 0.6 is 11.6 Å². The average molecular weight is 358 g/mol.